The maximum Gasteiger partial charge on any atom is 0.329 e. The Balaban J connectivity index is 2.55. The Kier molecular flexibility index (Phi) is 3.48. The zero-order chi connectivity index (χ0) is 11.4. The first kappa shape index (κ1) is 11.0. The van der Waals surface area contributed by atoms with Gasteiger partial charge >= 0.3 is 8.46 Å². The van der Waals surface area contributed by atoms with Gasteiger partial charge in [0.1, 0.15) is 0 Å². The van der Waals surface area contributed by atoms with Crippen LogP contribution in [0.5, 0.6) is 0 Å². The third kappa shape index (κ3) is 2.20. The van der Waals surface area contributed by atoms with Crippen molar-refractivity contribution in [2.45, 2.75) is 13.1 Å². The van der Waals surface area contributed by atoms with E-state index in [9.17, 15) is 4.57 Å². The average molecular weight is 229 g/mol. The summed E-state index contributed by atoms with van der Waals surface area (Å²) in [5.74, 6) is 0. The lowest BCUT2D eigenvalue weighted by Gasteiger charge is -2.08. The molecule has 2 aromatic carbocycles. The first-order valence-corrected chi connectivity index (χ1v) is 6.43. The van der Waals surface area contributed by atoms with Crippen LogP contribution in [0.2, 0.25) is 0 Å². The lowest BCUT2D eigenvalue weighted by Crippen LogP contribution is -1.88. The summed E-state index contributed by atoms with van der Waals surface area (Å²) in [6.45, 7) is 2.10. The van der Waals surface area contributed by atoms with Gasteiger partial charge in [-0.05, 0) is 23.6 Å². The summed E-state index contributed by atoms with van der Waals surface area (Å²) in [5, 5.41) is 0. The van der Waals surface area contributed by atoms with E-state index in [1.165, 1.54) is 16.7 Å². The minimum Gasteiger partial charge on any atom is -0.0771 e. The van der Waals surface area contributed by atoms with Gasteiger partial charge in [-0.3, -0.25) is 0 Å². The van der Waals surface area contributed by atoms with E-state index in [0.717, 1.165) is 5.56 Å². The fourth-order valence-corrected chi connectivity index (χ4v) is 2.35. The van der Waals surface area contributed by atoms with E-state index < -0.39 is 0 Å². The number of aryl methyl sites for hydroxylation is 1. The largest absolute Gasteiger partial charge is 0.329 e. The molecule has 0 aromatic heterocycles. The average Bonchev–Trinajstić information content (AvgIpc) is 2.31. The van der Waals surface area contributed by atoms with Crippen LogP contribution >= 0.6 is 8.46 Å². The second-order valence-corrected chi connectivity index (χ2v) is 4.44. The Bertz CT molecular complexity index is 506. The molecule has 0 saturated carbocycles. The van der Waals surface area contributed by atoms with Crippen molar-refractivity contribution in [3.8, 4) is 11.1 Å². The van der Waals surface area contributed by atoms with E-state index in [4.69, 9.17) is 0 Å². The highest BCUT2D eigenvalue weighted by molar-refractivity contribution is 7.22. The minimum atomic E-state index is -0.277. The summed E-state index contributed by atoms with van der Waals surface area (Å²) in [6, 6.07) is 16.5. The van der Waals surface area contributed by atoms with Crippen LogP contribution in [-0.4, -0.2) is 0 Å². The molecule has 0 aliphatic rings. The first-order chi connectivity index (χ1) is 7.83. The third-order valence-electron chi connectivity index (χ3n) is 2.72. The van der Waals surface area contributed by atoms with Gasteiger partial charge in [0.25, 0.3) is 0 Å². The van der Waals surface area contributed by atoms with Crippen LogP contribution in [0, 0.1) is 6.92 Å². The normalized spacial score (nSPS) is 10.6. The molecule has 0 aliphatic heterocycles. The van der Waals surface area contributed by atoms with E-state index in [-0.39, 0.29) is 8.46 Å². The van der Waals surface area contributed by atoms with Crippen molar-refractivity contribution in [1.82, 2.24) is 0 Å². The number of hydrogen-bond donors (Lipinski definition) is 0. The van der Waals surface area contributed by atoms with Crippen molar-refractivity contribution >= 4 is 8.46 Å². The molecule has 0 bridgehead atoms. The van der Waals surface area contributed by atoms with E-state index >= 15 is 0 Å². The quantitative estimate of drug-likeness (QED) is 0.721. The van der Waals surface area contributed by atoms with Crippen molar-refractivity contribution in [3.05, 3.63) is 59.7 Å². The molecule has 0 fully saturated rings. The minimum absolute atomic E-state index is 0.277. The van der Waals surface area contributed by atoms with Gasteiger partial charge < -0.3 is 0 Å². The Morgan fingerprint density at radius 2 is 1.56 bits per heavy atom. The molecular weight excluding hydrogens is 215 g/mol. The molecule has 80 valence electrons. The van der Waals surface area contributed by atoms with Gasteiger partial charge in [0.15, 0.2) is 6.16 Å². The molecule has 2 heteroatoms. The molecule has 1 nitrogen and oxygen atoms in total. The van der Waals surface area contributed by atoms with E-state index in [1.54, 1.807) is 0 Å². The molecule has 1 unspecified atom stereocenters. The molecule has 0 saturated heterocycles. The number of hydrogen-bond acceptors (Lipinski definition) is 1. The molecule has 0 heterocycles. The van der Waals surface area contributed by atoms with Crippen molar-refractivity contribution in [1.29, 1.82) is 0 Å². The molecular formula is C14H14OP+. The predicted molar refractivity (Wildman–Crippen MR) is 69.3 cm³/mol. The molecule has 0 N–H and O–H groups in total. The molecule has 0 amide bonds. The molecule has 16 heavy (non-hydrogen) atoms. The van der Waals surface area contributed by atoms with Gasteiger partial charge in [-0.15, -0.1) is 0 Å². The Morgan fingerprint density at radius 3 is 2.25 bits per heavy atom. The monoisotopic (exact) mass is 229 g/mol. The maximum atomic E-state index is 10.8. The standard InChI is InChI=1S/C14H13OP/c1-11-6-2-4-8-13(11)14-9-5-3-7-12(14)10-16-15/h2-9H,10H2,1H3/p+1. The van der Waals surface area contributed by atoms with E-state index in [2.05, 4.69) is 25.1 Å². The summed E-state index contributed by atoms with van der Waals surface area (Å²) < 4.78 is 10.8. The zero-order valence-electron chi connectivity index (χ0n) is 9.23. The molecule has 0 aliphatic carbocycles. The molecule has 2 rings (SSSR count). The van der Waals surface area contributed by atoms with Gasteiger partial charge in [-0.2, -0.15) is 0 Å². The van der Waals surface area contributed by atoms with Gasteiger partial charge in [-0.25, -0.2) is 0 Å². The maximum absolute atomic E-state index is 10.8. The Morgan fingerprint density at radius 1 is 0.938 bits per heavy atom. The highest BCUT2D eigenvalue weighted by Crippen LogP contribution is 2.28. The van der Waals surface area contributed by atoms with Gasteiger partial charge in [0.05, 0.1) is 0 Å². The fraction of sp³-hybridized carbons (Fsp3) is 0.143. The number of rotatable bonds is 3. The first-order valence-electron chi connectivity index (χ1n) is 5.32. The highest BCUT2D eigenvalue weighted by atomic mass is 31.1. The van der Waals surface area contributed by atoms with Crippen molar-refractivity contribution < 1.29 is 4.57 Å². The SMILES string of the molecule is Cc1ccccc1-c1ccccc1C[PH+]=O. The second kappa shape index (κ2) is 5.05. The Labute approximate surface area is 97.3 Å². The second-order valence-electron chi connectivity index (χ2n) is 3.79. The lowest BCUT2D eigenvalue weighted by atomic mass is 9.97. The van der Waals surface area contributed by atoms with Crippen LogP contribution < -0.4 is 0 Å². The zero-order valence-corrected chi connectivity index (χ0v) is 10.2. The van der Waals surface area contributed by atoms with Gasteiger partial charge in [0.2, 0.25) is 0 Å². The van der Waals surface area contributed by atoms with Gasteiger partial charge in [0, 0.05) is 5.56 Å². The molecule has 0 spiro atoms. The van der Waals surface area contributed by atoms with Crippen LogP contribution in [0.15, 0.2) is 48.5 Å². The van der Waals surface area contributed by atoms with Crippen LogP contribution in [0.1, 0.15) is 11.1 Å². The molecule has 2 aromatic rings. The van der Waals surface area contributed by atoms with Crippen LogP contribution in [0.4, 0.5) is 0 Å². The van der Waals surface area contributed by atoms with E-state index in [0.29, 0.717) is 6.16 Å². The molecule has 1 atom stereocenters. The van der Waals surface area contributed by atoms with Gasteiger partial charge in [-0.1, -0.05) is 53.1 Å². The van der Waals surface area contributed by atoms with Crippen molar-refractivity contribution in [3.63, 3.8) is 0 Å². The van der Waals surface area contributed by atoms with Crippen LogP contribution in [0.3, 0.4) is 0 Å². The van der Waals surface area contributed by atoms with Crippen LogP contribution in [0.25, 0.3) is 11.1 Å². The summed E-state index contributed by atoms with van der Waals surface area (Å²) >= 11 is 0. The van der Waals surface area contributed by atoms with Crippen molar-refractivity contribution in [2.75, 3.05) is 0 Å². The molecule has 0 radical (unpaired) electrons. The summed E-state index contributed by atoms with van der Waals surface area (Å²) in [6.07, 6.45) is 0.629. The smallest absolute Gasteiger partial charge is 0.0771 e. The lowest BCUT2D eigenvalue weighted by molar-refractivity contribution is 0.598. The summed E-state index contributed by atoms with van der Waals surface area (Å²) in [7, 11) is -0.277. The summed E-state index contributed by atoms with van der Waals surface area (Å²) in [4.78, 5) is 0. The third-order valence-corrected chi connectivity index (χ3v) is 3.24. The highest BCUT2D eigenvalue weighted by Gasteiger charge is 2.08. The number of benzene rings is 2. The van der Waals surface area contributed by atoms with Crippen LogP contribution in [-0.2, 0) is 10.7 Å². The summed E-state index contributed by atoms with van der Waals surface area (Å²) in [5.41, 5.74) is 4.84. The topological polar surface area (TPSA) is 17.1 Å². The Hall–Kier alpha value is -1.46. The predicted octanol–water partition coefficient (Wildman–Crippen LogP) is 4.19. The van der Waals surface area contributed by atoms with E-state index in [1.807, 2.05) is 30.3 Å². The van der Waals surface area contributed by atoms with Crippen molar-refractivity contribution in [2.24, 2.45) is 0 Å². The fourth-order valence-electron chi connectivity index (χ4n) is 1.89.